The number of fused-ring (bicyclic) bond motifs is 1. The Morgan fingerprint density at radius 1 is 1.13 bits per heavy atom. The fourth-order valence-electron chi connectivity index (χ4n) is 3.74. The van der Waals surface area contributed by atoms with Crippen molar-refractivity contribution in [2.45, 2.75) is 19.3 Å². The molecule has 1 fully saturated rings. The van der Waals surface area contributed by atoms with E-state index < -0.39 is 34.6 Å². The van der Waals surface area contributed by atoms with Crippen LogP contribution >= 0.6 is 0 Å². The standard InChI is InChI=1S/C22H17FN2O5/c1-30-18-8-3-2-5-15(18)25-21-12(9-13(23)11-24-21)10-14(22(25)29)20(28)19-16(26)6-4-7-17(19)27/h2-3,5,8-11,19H,4,6-7H2,1H3. The number of carbonyl (C=O) groups is 3. The molecule has 2 heterocycles. The number of ketones is 3. The number of rotatable bonds is 4. The lowest BCUT2D eigenvalue weighted by Crippen LogP contribution is -2.38. The zero-order valence-electron chi connectivity index (χ0n) is 16.1. The van der Waals surface area contributed by atoms with E-state index in [4.69, 9.17) is 4.74 Å². The van der Waals surface area contributed by atoms with Crippen molar-refractivity contribution in [2.24, 2.45) is 5.92 Å². The molecular weight excluding hydrogens is 391 g/mol. The van der Waals surface area contributed by atoms with Gasteiger partial charge in [-0.15, -0.1) is 0 Å². The van der Waals surface area contributed by atoms with Gasteiger partial charge in [-0.05, 0) is 30.7 Å². The molecule has 0 atom stereocenters. The normalized spacial score (nSPS) is 14.9. The van der Waals surface area contributed by atoms with Crippen LogP contribution in [-0.4, -0.2) is 34.0 Å². The van der Waals surface area contributed by atoms with Gasteiger partial charge in [0.15, 0.2) is 17.3 Å². The van der Waals surface area contributed by atoms with Crippen molar-refractivity contribution in [3.05, 3.63) is 64.3 Å². The van der Waals surface area contributed by atoms with Gasteiger partial charge < -0.3 is 4.74 Å². The summed E-state index contributed by atoms with van der Waals surface area (Å²) in [7, 11) is 1.42. The van der Waals surface area contributed by atoms with E-state index in [0.717, 1.165) is 16.8 Å². The zero-order chi connectivity index (χ0) is 21.4. The SMILES string of the molecule is COc1ccccc1-n1c(=O)c(C(=O)C2C(=O)CCCC2=O)cc2cc(F)cnc21. The monoisotopic (exact) mass is 408 g/mol. The number of aromatic nitrogens is 2. The number of nitrogens with zero attached hydrogens (tertiary/aromatic N) is 2. The smallest absolute Gasteiger partial charge is 0.267 e. The number of para-hydroxylation sites is 2. The lowest BCUT2D eigenvalue weighted by atomic mass is 9.82. The van der Waals surface area contributed by atoms with E-state index in [1.54, 1.807) is 24.3 Å². The third-order valence-corrected chi connectivity index (χ3v) is 5.15. The van der Waals surface area contributed by atoms with Crippen LogP contribution in [0.1, 0.15) is 29.6 Å². The Hall–Kier alpha value is -3.68. The van der Waals surface area contributed by atoms with Gasteiger partial charge in [0.1, 0.15) is 23.1 Å². The van der Waals surface area contributed by atoms with Crippen molar-refractivity contribution in [3.8, 4) is 11.4 Å². The molecule has 30 heavy (non-hydrogen) atoms. The van der Waals surface area contributed by atoms with Gasteiger partial charge in [-0.2, -0.15) is 0 Å². The molecule has 0 amide bonds. The molecule has 0 radical (unpaired) electrons. The second kappa shape index (κ2) is 7.62. The van der Waals surface area contributed by atoms with Crippen molar-refractivity contribution in [1.82, 2.24) is 9.55 Å². The molecule has 7 nitrogen and oxygen atoms in total. The minimum Gasteiger partial charge on any atom is -0.495 e. The average Bonchev–Trinajstić information content (AvgIpc) is 2.73. The molecule has 1 aliphatic rings. The van der Waals surface area contributed by atoms with Crippen LogP contribution in [0.5, 0.6) is 5.75 Å². The number of hydrogen-bond acceptors (Lipinski definition) is 6. The highest BCUT2D eigenvalue weighted by Crippen LogP contribution is 2.26. The Morgan fingerprint density at radius 2 is 1.83 bits per heavy atom. The number of Topliss-reactive ketones (excluding diaryl/α,β-unsaturated/α-hetero) is 3. The summed E-state index contributed by atoms with van der Waals surface area (Å²) in [6, 6.07) is 8.92. The highest BCUT2D eigenvalue weighted by molar-refractivity contribution is 6.25. The summed E-state index contributed by atoms with van der Waals surface area (Å²) in [5.74, 6) is -3.70. The van der Waals surface area contributed by atoms with E-state index in [9.17, 15) is 23.6 Å². The summed E-state index contributed by atoms with van der Waals surface area (Å²) >= 11 is 0. The second-order valence-corrected chi connectivity index (χ2v) is 7.02. The lowest BCUT2D eigenvalue weighted by Gasteiger charge is -2.19. The van der Waals surface area contributed by atoms with E-state index in [2.05, 4.69) is 4.98 Å². The molecule has 152 valence electrons. The predicted octanol–water partition coefficient (Wildman–Crippen LogP) is 2.65. The first-order chi connectivity index (χ1) is 14.4. The number of ether oxygens (including phenoxy) is 1. The van der Waals surface area contributed by atoms with Gasteiger partial charge >= 0.3 is 0 Å². The minimum atomic E-state index is -1.50. The molecule has 0 bridgehead atoms. The average molecular weight is 408 g/mol. The third-order valence-electron chi connectivity index (χ3n) is 5.15. The van der Waals surface area contributed by atoms with Gasteiger partial charge in [-0.25, -0.2) is 9.37 Å². The van der Waals surface area contributed by atoms with Crippen molar-refractivity contribution >= 4 is 28.4 Å². The lowest BCUT2D eigenvalue weighted by molar-refractivity contribution is -0.133. The van der Waals surface area contributed by atoms with Gasteiger partial charge in [0.25, 0.3) is 5.56 Å². The molecule has 8 heteroatoms. The summed E-state index contributed by atoms with van der Waals surface area (Å²) in [5.41, 5.74) is -0.717. The maximum atomic E-state index is 13.9. The molecular formula is C22H17FN2O5. The van der Waals surface area contributed by atoms with Crippen molar-refractivity contribution in [2.75, 3.05) is 7.11 Å². The maximum Gasteiger partial charge on any atom is 0.267 e. The minimum absolute atomic E-state index is 0.104. The van der Waals surface area contributed by atoms with E-state index in [-0.39, 0.29) is 29.4 Å². The Labute approximate surface area is 170 Å². The molecule has 1 saturated carbocycles. The van der Waals surface area contributed by atoms with Crippen LogP contribution in [0.15, 0.2) is 47.4 Å². The highest BCUT2D eigenvalue weighted by atomic mass is 19.1. The molecule has 1 aliphatic carbocycles. The largest absolute Gasteiger partial charge is 0.495 e. The van der Waals surface area contributed by atoms with Crippen molar-refractivity contribution < 1.29 is 23.5 Å². The van der Waals surface area contributed by atoms with Gasteiger partial charge in [-0.1, -0.05) is 12.1 Å². The first-order valence-electron chi connectivity index (χ1n) is 9.36. The summed E-state index contributed by atoms with van der Waals surface area (Å²) < 4.78 is 20.3. The molecule has 0 aliphatic heterocycles. The molecule has 0 unspecified atom stereocenters. The van der Waals surface area contributed by atoms with Crippen LogP contribution < -0.4 is 10.3 Å². The summed E-state index contributed by atoms with van der Waals surface area (Å²) in [6.07, 6.45) is 1.56. The Balaban J connectivity index is 2.02. The van der Waals surface area contributed by atoms with E-state index in [1.165, 1.54) is 13.2 Å². The van der Waals surface area contributed by atoms with Crippen LogP contribution in [0, 0.1) is 11.7 Å². The third kappa shape index (κ3) is 3.20. The molecule has 1 aromatic carbocycles. The molecule has 0 spiro atoms. The number of hydrogen-bond donors (Lipinski definition) is 0. The summed E-state index contributed by atoms with van der Waals surface area (Å²) in [6.45, 7) is 0. The quantitative estimate of drug-likeness (QED) is 0.487. The van der Waals surface area contributed by atoms with Gasteiger partial charge in [0.05, 0.1) is 24.6 Å². The second-order valence-electron chi connectivity index (χ2n) is 7.02. The van der Waals surface area contributed by atoms with Crippen LogP contribution in [0.2, 0.25) is 0 Å². The number of methoxy groups -OCH3 is 1. The Bertz CT molecular complexity index is 1250. The number of carbonyl (C=O) groups excluding carboxylic acids is 3. The predicted molar refractivity (Wildman–Crippen MR) is 106 cm³/mol. The fourth-order valence-corrected chi connectivity index (χ4v) is 3.74. The van der Waals surface area contributed by atoms with Gasteiger partial charge in [-0.3, -0.25) is 23.7 Å². The zero-order valence-corrected chi connectivity index (χ0v) is 16.1. The highest BCUT2D eigenvalue weighted by Gasteiger charge is 2.38. The maximum absolute atomic E-state index is 13.9. The van der Waals surface area contributed by atoms with Gasteiger partial charge in [0.2, 0.25) is 0 Å². The number of benzene rings is 1. The number of pyridine rings is 2. The molecule has 0 N–H and O–H groups in total. The van der Waals surface area contributed by atoms with E-state index in [0.29, 0.717) is 17.9 Å². The molecule has 4 rings (SSSR count). The van der Waals surface area contributed by atoms with E-state index >= 15 is 0 Å². The van der Waals surface area contributed by atoms with Crippen LogP contribution in [0.3, 0.4) is 0 Å². The van der Waals surface area contributed by atoms with Crippen molar-refractivity contribution in [1.29, 1.82) is 0 Å². The van der Waals surface area contributed by atoms with Crippen LogP contribution in [0.4, 0.5) is 4.39 Å². The van der Waals surface area contributed by atoms with Crippen LogP contribution in [-0.2, 0) is 9.59 Å². The number of halogens is 1. The Kier molecular flexibility index (Phi) is 4.99. The topological polar surface area (TPSA) is 95.3 Å². The van der Waals surface area contributed by atoms with Crippen LogP contribution in [0.25, 0.3) is 16.7 Å². The van der Waals surface area contributed by atoms with Gasteiger partial charge in [0, 0.05) is 18.2 Å². The van der Waals surface area contributed by atoms with E-state index in [1.807, 2.05) is 0 Å². The summed E-state index contributed by atoms with van der Waals surface area (Å²) in [4.78, 5) is 55.0. The van der Waals surface area contributed by atoms with Crippen molar-refractivity contribution in [3.63, 3.8) is 0 Å². The molecule has 0 saturated heterocycles. The molecule has 2 aromatic heterocycles. The first kappa shape index (κ1) is 19.6. The molecule has 3 aromatic rings. The Morgan fingerprint density at radius 3 is 2.53 bits per heavy atom. The first-order valence-corrected chi connectivity index (χ1v) is 9.36. The fraction of sp³-hybridized carbons (Fsp3) is 0.227. The summed E-state index contributed by atoms with van der Waals surface area (Å²) in [5, 5.41) is 0.180.